The molecule has 1 aromatic heterocycles. The molecule has 0 bridgehead atoms. The van der Waals surface area contributed by atoms with E-state index in [2.05, 4.69) is 32.2 Å². The fourth-order valence-corrected chi connectivity index (χ4v) is 3.89. The summed E-state index contributed by atoms with van der Waals surface area (Å²) in [5.74, 6) is -0.459. The topological polar surface area (TPSA) is 113 Å². The average molecular weight is 471 g/mol. The number of hydrogen-bond acceptors (Lipinski definition) is 7. The van der Waals surface area contributed by atoms with Gasteiger partial charge in [0.05, 0.1) is 16.3 Å². The highest BCUT2D eigenvalue weighted by atomic mass is 16.6. The Morgan fingerprint density at radius 3 is 2.63 bits per heavy atom. The monoisotopic (exact) mass is 470 g/mol. The fourth-order valence-electron chi connectivity index (χ4n) is 3.89. The molecule has 0 aliphatic carbocycles. The van der Waals surface area contributed by atoms with E-state index in [9.17, 15) is 14.9 Å². The number of benzene rings is 2. The number of pyridine rings is 1. The number of carbonyl (C=O) groups is 1. The number of nitrogens with one attached hydrogen (secondary N) is 2. The Labute approximate surface area is 203 Å². The predicted octanol–water partition coefficient (Wildman–Crippen LogP) is 4.44. The molecule has 1 fully saturated rings. The highest BCUT2D eigenvalue weighted by Crippen LogP contribution is 2.30. The van der Waals surface area contributed by atoms with Crippen LogP contribution in [0, 0.1) is 10.1 Å². The van der Waals surface area contributed by atoms with Gasteiger partial charge in [-0.05, 0) is 37.9 Å². The number of aromatic nitrogens is 1. The normalized spacial score (nSPS) is 13.9. The van der Waals surface area contributed by atoms with E-state index in [1.54, 1.807) is 13.0 Å². The van der Waals surface area contributed by atoms with E-state index in [4.69, 9.17) is 0 Å². The van der Waals surface area contributed by atoms with Gasteiger partial charge in [-0.15, -0.1) is 0 Å². The number of amides is 1. The van der Waals surface area contributed by atoms with E-state index in [0.29, 0.717) is 17.0 Å². The van der Waals surface area contributed by atoms with Crippen molar-refractivity contribution in [1.29, 1.82) is 0 Å². The summed E-state index contributed by atoms with van der Waals surface area (Å²) >= 11 is 0. The fraction of sp³-hybridized carbons (Fsp3) is 0.192. The zero-order valence-corrected chi connectivity index (χ0v) is 19.4. The molecule has 0 unspecified atom stereocenters. The van der Waals surface area contributed by atoms with Crippen molar-refractivity contribution < 1.29 is 9.72 Å². The molecule has 9 heteroatoms. The molecule has 35 heavy (non-hydrogen) atoms. The van der Waals surface area contributed by atoms with Gasteiger partial charge in [-0.1, -0.05) is 36.4 Å². The number of nitro groups is 1. The molecule has 2 heterocycles. The summed E-state index contributed by atoms with van der Waals surface area (Å²) in [6, 6.07) is 16.6. The van der Waals surface area contributed by atoms with E-state index in [0.717, 1.165) is 49.2 Å². The molecule has 0 spiro atoms. The second-order valence-corrected chi connectivity index (χ2v) is 8.13. The number of piperazine rings is 1. The number of rotatable bonds is 7. The maximum atomic E-state index is 13.0. The van der Waals surface area contributed by atoms with Crippen LogP contribution in [0.25, 0.3) is 17.3 Å². The predicted molar refractivity (Wildman–Crippen MR) is 139 cm³/mol. The second-order valence-electron chi connectivity index (χ2n) is 8.13. The molecule has 1 aliphatic heterocycles. The minimum absolute atomic E-state index is 0.0812. The molecule has 1 saturated heterocycles. The molecule has 3 aromatic rings. The summed E-state index contributed by atoms with van der Waals surface area (Å²) in [6.45, 7) is 8.98. The maximum absolute atomic E-state index is 13.0. The van der Waals surface area contributed by atoms with Crippen LogP contribution < -0.4 is 15.5 Å². The smallest absolute Gasteiger partial charge is 0.310 e. The van der Waals surface area contributed by atoms with Gasteiger partial charge in [0.25, 0.3) is 5.91 Å². The summed E-state index contributed by atoms with van der Waals surface area (Å²) in [5, 5.41) is 17.5. The van der Waals surface area contributed by atoms with Crippen molar-refractivity contribution in [2.45, 2.75) is 6.92 Å². The molecule has 178 valence electrons. The zero-order chi connectivity index (χ0) is 24.8. The van der Waals surface area contributed by atoms with Gasteiger partial charge in [-0.25, -0.2) is 4.98 Å². The Morgan fingerprint density at radius 1 is 1.20 bits per heavy atom. The summed E-state index contributed by atoms with van der Waals surface area (Å²) in [7, 11) is 0. The lowest BCUT2D eigenvalue weighted by molar-refractivity contribution is -0.384. The summed E-state index contributed by atoms with van der Waals surface area (Å²) in [5.41, 5.74) is 3.94. The molecule has 2 N–H and O–H groups in total. The summed E-state index contributed by atoms with van der Waals surface area (Å²) in [6.07, 6.45) is 2.86. The Balaban J connectivity index is 1.58. The van der Waals surface area contributed by atoms with Crippen molar-refractivity contribution in [3.8, 4) is 11.3 Å². The molecule has 2 aromatic carbocycles. The number of nitrogens with zero attached hydrogens (tertiary/aromatic N) is 4. The second kappa shape index (κ2) is 10.7. The number of aliphatic imine (C=N–C) groups is 1. The van der Waals surface area contributed by atoms with E-state index >= 15 is 0 Å². The molecule has 0 saturated carbocycles. The summed E-state index contributed by atoms with van der Waals surface area (Å²) in [4.78, 5) is 34.5. The molecular formula is C26H26N6O3. The number of hydrogen-bond donors (Lipinski definition) is 2. The third-order valence-electron chi connectivity index (χ3n) is 5.79. The minimum Gasteiger partial charge on any atom is -0.369 e. The van der Waals surface area contributed by atoms with Gasteiger partial charge in [0.15, 0.2) is 0 Å². The van der Waals surface area contributed by atoms with Crippen LogP contribution in [0.15, 0.2) is 71.4 Å². The van der Waals surface area contributed by atoms with E-state index in [-0.39, 0.29) is 11.4 Å². The van der Waals surface area contributed by atoms with Gasteiger partial charge in [0, 0.05) is 48.6 Å². The molecule has 4 rings (SSSR count). The van der Waals surface area contributed by atoms with Crippen molar-refractivity contribution in [2.75, 3.05) is 36.4 Å². The molecule has 0 radical (unpaired) electrons. The molecule has 1 aliphatic rings. The van der Waals surface area contributed by atoms with Crippen molar-refractivity contribution in [3.63, 3.8) is 0 Å². The van der Waals surface area contributed by atoms with Crippen LogP contribution in [-0.4, -0.2) is 48.7 Å². The molecular weight excluding hydrogens is 444 g/mol. The Morgan fingerprint density at radius 2 is 1.94 bits per heavy atom. The van der Waals surface area contributed by atoms with Gasteiger partial charge >= 0.3 is 5.69 Å². The first-order valence-corrected chi connectivity index (χ1v) is 11.2. The first-order chi connectivity index (χ1) is 17.0. The lowest BCUT2D eigenvalue weighted by Gasteiger charge is -2.29. The molecule has 1 amide bonds. The average Bonchev–Trinajstić information content (AvgIpc) is 2.89. The highest BCUT2D eigenvalue weighted by Gasteiger charge is 2.19. The molecule has 0 atom stereocenters. The highest BCUT2D eigenvalue weighted by molar-refractivity contribution is 6.07. The lowest BCUT2D eigenvalue weighted by atomic mass is 10.1. The van der Waals surface area contributed by atoms with Crippen LogP contribution in [0.3, 0.4) is 0 Å². The van der Waals surface area contributed by atoms with Gasteiger partial charge in [-0.3, -0.25) is 19.9 Å². The van der Waals surface area contributed by atoms with Crippen molar-refractivity contribution >= 4 is 41.5 Å². The maximum Gasteiger partial charge on any atom is 0.310 e. The number of anilines is 2. The van der Waals surface area contributed by atoms with Crippen molar-refractivity contribution in [2.24, 2.45) is 4.99 Å². The van der Waals surface area contributed by atoms with E-state index < -0.39 is 10.8 Å². The van der Waals surface area contributed by atoms with Crippen LogP contribution in [0.5, 0.6) is 0 Å². The standard InChI is InChI=1S/C26H26N6O3/c1-18(14-20-8-9-21(15-22(20)27-2)31-12-10-28-11-13-31)26(33)30-24-16-23(19-6-4-3-5-7-19)29-17-25(24)32(34)35/h3-9,14-17,28H,2,10-13H2,1H3,(H,29,30,33)/b18-14+. The van der Waals surface area contributed by atoms with Crippen LogP contribution in [-0.2, 0) is 4.79 Å². The van der Waals surface area contributed by atoms with Gasteiger partial charge in [0.2, 0.25) is 0 Å². The first kappa shape index (κ1) is 23.8. The third kappa shape index (κ3) is 5.59. The number of carbonyl (C=O) groups excluding carboxylic acids is 1. The van der Waals surface area contributed by atoms with E-state index in [1.165, 1.54) is 6.07 Å². The van der Waals surface area contributed by atoms with Gasteiger partial charge in [0.1, 0.15) is 11.9 Å². The van der Waals surface area contributed by atoms with Gasteiger partial charge < -0.3 is 15.5 Å². The van der Waals surface area contributed by atoms with Crippen LogP contribution in [0.4, 0.5) is 22.7 Å². The molecule has 9 nitrogen and oxygen atoms in total. The van der Waals surface area contributed by atoms with Crippen LogP contribution >= 0.6 is 0 Å². The van der Waals surface area contributed by atoms with Crippen molar-refractivity contribution in [3.05, 3.63) is 82.0 Å². The SMILES string of the molecule is C=Nc1cc(N2CCNCC2)ccc1/C=C(\C)C(=O)Nc1cc(-c2ccccc2)ncc1[N+](=O)[O-]. The zero-order valence-electron chi connectivity index (χ0n) is 19.4. The quantitative estimate of drug-likeness (QED) is 0.228. The van der Waals surface area contributed by atoms with Crippen LogP contribution in [0.2, 0.25) is 0 Å². The van der Waals surface area contributed by atoms with Gasteiger partial charge in [-0.2, -0.15) is 0 Å². The minimum atomic E-state index is -0.564. The Hall–Kier alpha value is -4.37. The van der Waals surface area contributed by atoms with Crippen molar-refractivity contribution in [1.82, 2.24) is 10.3 Å². The lowest BCUT2D eigenvalue weighted by Crippen LogP contribution is -2.43. The van der Waals surface area contributed by atoms with Crippen LogP contribution in [0.1, 0.15) is 12.5 Å². The largest absolute Gasteiger partial charge is 0.369 e. The third-order valence-corrected chi connectivity index (χ3v) is 5.79. The Bertz CT molecular complexity index is 1280. The van der Waals surface area contributed by atoms with E-state index in [1.807, 2.05) is 48.5 Å². The summed E-state index contributed by atoms with van der Waals surface area (Å²) < 4.78 is 0. The Kier molecular flexibility index (Phi) is 7.27. The first-order valence-electron chi connectivity index (χ1n) is 11.2.